The van der Waals surface area contributed by atoms with E-state index in [2.05, 4.69) is 23.4 Å². The molecule has 0 saturated heterocycles. The van der Waals surface area contributed by atoms with E-state index >= 15 is 0 Å². The summed E-state index contributed by atoms with van der Waals surface area (Å²) >= 11 is 6.37. The van der Waals surface area contributed by atoms with Gasteiger partial charge in [-0.2, -0.15) is 0 Å². The van der Waals surface area contributed by atoms with Crippen molar-refractivity contribution in [1.82, 2.24) is 9.55 Å². The number of allylic oxidation sites excluding steroid dienone is 1. The summed E-state index contributed by atoms with van der Waals surface area (Å²) in [4.78, 5) is 4.46. The highest BCUT2D eigenvalue weighted by atomic mass is 35.5. The van der Waals surface area contributed by atoms with E-state index in [4.69, 9.17) is 11.6 Å². The molecule has 0 spiro atoms. The summed E-state index contributed by atoms with van der Waals surface area (Å²) in [6.07, 6.45) is 5.80. The Bertz CT molecular complexity index is 971. The van der Waals surface area contributed by atoms with Crippen LogP contribution in [0.25, 0.3) is 22.5 Å². The Hall–Kier alpha value is -2.76. The van der Waals surface area contributed by atoms with Gasteiger partial charge in [-0.05, 0) is 37.6 Å². The van der Waals surface area contributed by atoms with E-state index < -0.39 is 0 Å². The van der Waals surface area contributed by atoms with E-state index in [-0.39, 0.29) is 0 Å². The van der Waals surface area contributed by atoms with Gasteiger partial charge in [0.25, 0.3) is 0 Å². The summed E-state index contributed by atoms with van der Waals surface area (Å²) < 4.78 is 1.98. The van der Waals surface area contributed by atoms with E-state index in [1.54, 1.807) is 6.20 Å². The van der Waals surface area contributed by atoms with Crippen LogP contribution >= 0.6 is 11.6 Å². The fourth-order valence-electron chi connectivity index (χ4n) is 2.54. The van der Waals surface area contributed by atoms with E-state index in [0.29, 0.717) is 5.02 Å². The lowest BCUT2D eigenvalue weighted by Gasteiger charge is -2.05. The second-order valence-electron chi connectivity index (χ2n) is 5.53. The van der Waals surface area contributed by atoms with Crippen molar-refractivity contribution in [2.45, 2.75) is 13.8 Å². The molecular weight excluding hydrogens is 316 g/mol. The van der Waals surface area contributed by atoms with Crippen molar-refractivity contribution >= 4 is 17.2 Å². The number of benzene rings is 1. The lowest BCUT2D eigenvalue weighted by molar-refractivity contribution is 1.01. The zero-order valence-electron chi connectivity index (χ0n) is 13.7. The topological polar surface area (TPSA) is 17.8 Å². The zero-order chi connectivity index (χ0) is 17.1. The van der Waals surface area contributed by atoms with E-state index in [1.807, 2.05) is 67.2 Å². The van der Waals surface area contributed by atoms with Crippen LogP contribution in [-0.4, -0.2) is 9.55 Å². The second kappa shape index (κ2) is 6.78. The Morgan fingerprint density at radius 3 is 2.67 bits per heavy atom. The average molecular weight is 333 g/mol. The summed E-state index contributed by atoms with van der Waals surface area (Å²) in [5.41, 5.74) is 4.96. The number of hydrogen-bond acceptors (Lipinski definition) is 1. The molecule has 24 heavy (non-hydrogen) atoms. The maximum Gasteiger partial charge on any atom is 0.137 e. The molecule has 3 rings (SSSR count). The Morgan fingerprint density at radius 2 is 1.96 bits per heavy atom. The van der Waals surface area contributed by atoms with Gasteiger partial charge in [-0.25, -0.2) is 4.98 Å². The minimum absolute atomic E-state index is 0.707. The molecule has 0 aliphatic carbocycles. The second-order valence-corrected chi connectivity index (χ2v) is 5.94. The van der Waals surface area contributed by atoms with Crippen LogP contribution in [0.2, 0.25) is 5.02 Å². The first-order valence-electron chi connectivity index (χ1n) is 7.62. The van der Waals surface area contributed by atoms with Gasteiger partial charge in [0.2, 0.25) is 0 Å². The third-order valence-corrected chi connectivity index (χ3v) is 4.08. The van der Waals surface area contributed by atoms with Gasteiger partial charge in [0.05, 0.1) is 5.56 Å². The third-order valence-electron chi connectivity index (χ3n) is 3.75. The van der Waals surface area contributed by atoms with Gasteiger partial charge in [0.15, 0.2) is 0 Å². The van der Waals surface area contributed by atoms with E-state index in [0.717, 1.165) is 33.6 Å². The van der Waals surface area contributed by atoms with E-state index in [9.17, 15) is 0 Å². The first-order chi connectivity index (χ1) is 11.6. The predicted molar refractivity (Wildman–Crippen MR) is 101 cm³/mol. The van der Waals surface area contributed by atoms with Gasteiger partial charge in [-0.3, -0.25) is 0 Å². The fraction of sp³-hybridized carbons (Fsp3) is 0.0952. The largest absolute Gasteiger partial charge is 0.307 e. The molecule has 0 aliphatic rings. The molecule has 2 heterocycles. The molecule has 0 saturated carbocycles. The first kappa shape index (κ1) is 16.1. The van der Waals surface area contributed by atoms with Crippen molar-refractivity contribution in [3.8, 4) is 28.8 Å². The molecule has 118 valence electrons. The minimum atomic E-state index is 0.707. The first-order valence-corrected chi connectivity index (χ1v) is 8.00. The number of rotatable bonds is 3. The number of hydrogen-bond donors (Lipinski definition) is 0. The SMILES string of the molecule is C=C(C)c1ccnc(-n2cc(C#CC)c(-c3ccccc3Cl)c2)c1. The predicted octanol–water partition coefficient (Wildman–Crippen LogP) is 5.60. The molecule has 0 atom stereocenters. The van der Waals surface area contributed by atoms with Gasteiger partial charge in [-0.15, -0.1) is 5.92 Å². The van der Waals surface area contributed by atoms with Gasteiger partial charge in [0, 0.05) is 34.7 Å². The molecule has 2 nitrogen and oxygen atoms in total. The normalized spacial score (nSPS) is 10.1. The number of halogens is 1. The highest BCUT2D eigenvalue weighted by molar-refractivity contribution is 6.33. The summed E-state index contributed by atoms with van der Waals surface area (Å²) in [6, 6.07) is 11.8. The van der Waals surface area contributed by atoms with E-state index in [1.165, 1.54) is 0 Å². The molecule has 0 aliphatic heterocycles. The van der Waals surface area contributed by atoms with Crippen molar-refractivity contribution in [2.24, 2.45) is 0 Å². The summed E-state index contributed by atoms with van der Waals surface area (Å²) in [5.74, 6) is 6.95. The van der Waals surface area contributed by atoms with Crippen molar-refractivity contribution in [3.05, 3.63) is 77.7 Å². The highest BCUT2D eigenvalue weighted by Gasteiger charge is 2.12. The van der Waals surface area contributed by atoms with Crippen LogP contribution in [0.4, 0.5) is 0 Å². The van der Waals surface area contributed by atoms with Crippen molar-refractivity contribution in [1.29, 1.82) is 0 Å². The lowest BCUT2D eigenvalue weighted by Crippen LogP contribution is -1.94. The number of pyridine rings is 1. The molecule has 0 radical (unpaired) electrons. The van der Waals surface area contributed by atoms with Crippen LogP contribution in [0.1, 0.15) is 25.0 Å². The molecule has 1 aromatic carbocycles. The minimum Gasteiger partial charge on any atom is -0.307 e. The zero-order valence-corrected chi connectivity index (χ0v) is 14.4. The van der Waals surface area contributed by atoms with Crippen LogP contribution in [0.15, 0.2) is 61.6 Å². The Kier molecular flexibility index (Phi) is 4.55. The van der Waals surface area contributed by atoms with Crippen LogP contribution < -0.4 is 0 Å². The van der Waals surface area contributed by atoms with Gasteiger partial charge >= 0.3 is 0 Å². The van der Waals surface area contributed by atoms with Crippen LogP contribution in [-0.2, 0) is 0 Å². The third kappa shape index (κ3) is 3.13. The van der Waals surface area contributed by atoms with Crippen LogP contribution in [0.5, 0.6) is 0 Å². The summed E-state index contributed by atoms with van der Waals surface area (Å²) in [5, 5.41) is 0.707. The van der Waals surface area contributed by atoms with Gasteiger partial charge in [-0.1, -0.05) is 47.9 Å². The van der Waals surface area contributed by atoms with Crippen LogP contribution in [0, 0.1) is 11.8 Å². The smallest absolute Gasteiger partial charge is 0.137 e. The summed E-state index contributed by atoms with van der Waals surface area (Å²) in [7, 11) is 0. The van der Waals surface area contributed by atoms with Gasteiger partial charge in [0.1, 0.15) is 5.82 Å². The van der Waals surface area contributed by atoms with Crippen molar-refractivity contribution in [2.75, 3.05) is 0 Å². The summed E-state index contributed by atoms with van der Waals surface area (Å²) in [6.45, 7) is 7.81. The van der Waals surface area contributed by atoms with Crippen molar-refractivity contribution < 1.29 is 0 Å². The molecule has 3 heteroatoms. The fourth-order valence-corrected chi connectivity index (χ4v) is 2.78. The van der Waals surface area contributed by atoms with Crippen LogP contribution in [0.3, 0.4) is 0 Å². The maximum atomic E-state index is 6.37. The molecule has 0 bridgehead atoms. The van der Waals surface area contributed by atoms with Crippen molar-refractivity contribution in [3.63, 3.8) is 0 Å². The average Bonchev–Trinajstić information content (AvgIpc) is 2.99. The highest BCUT2D eigenvalue weighted by Crippen LogP contribution is 2.31. The monoisotopic (exact) mass is 332 g/mol. The molecule has 0 N–H and O–H groups in total. The molecule has 2 aromatic heterocycles. The molecule has 3 aromatic rings. The Balaban J connectivity index is 2.16. The molecule has 0 unspecified atom stereocenters. The molecule has 0 fully saturated rings. The lowest BCUT2D eigenvalue weighted by atomic mass is 10.1. The Labute approximate surface area is 147 Å². The molecular formula is C21H17ClN2. The maximum absolute atomic E-state index is 6.37. The number of nitrogens with zero attached hydrogens (tertiary/aromatic N) is 2. The number of aromatic nitrogens is 2. The standard InChI is InChI=1S/C21H17ClN2/c1-4-7-17-13-24(21-12-16(15(2)3)10-11-23-21)14-19(17)18-8-5-6-9-20(18)22/h5-6,8-14H,2H2,1,3H3. The quantitative estimate of drug-likeness (QED) is 0.571. The Morgan fingerprint density at radius 1 is 1.17 bits per heavy atom. The molecule has 0 amide bonds. The van der Waals surface area contributed by atoms with Gasteiger partial charge < -0.3 is 4.57 Å².